The largest absolute Gasteiger partial charge is 0.481 e. The van der Waals surface area contributed by atoms with Crippen LogP contribution in [-0.4, -0.2) is 72.7 Å². The first kappa shape index (κ1) is 44.7. The smallest absolute Gasteiger partial charge is 0.309 e. The van der Waals surface area contributed by atoms with E-state index < -0.39 is 11.4 Å². The van der Waals surface area contributed by atoms with Gasteiger partial charge in [0.2, 0.25) is 0 Å². The third-order valence-corrected chi connectivity index (χ3v) is 16.1. The summed E-state index contributed by atoms with van der Waals surface area (Å²) in [7, 11) is 2.26. The van der Waals surface area contributed by atoms with Gasteiger partial charge in [-0.1, -0.05) is 99.6 Å². The fourth-order valence-corrected chi connectivity index (χ4v) is 12.4. The average Bonchev–Trinajstić information content (AvgIpc) is 3.48. The molecule has 0 spiro atoms. The second kappa shape index (κ2) is 17.0. The summed E-state index contributed by atoms with van der Waals surface area (Å²) < 4.78 is 6.32. The number of carbonyl (C=O) groups is 2. The number of carboxylic acid groups (broad SMARTS) is 1. The summed E-state index contributed by atoms with van der Waals surface area (Å²) in [6, 6.07) is 0. The molecule has 6 heteroatoms. The Morgan fingerprint density at radius 1 is 0.942 bits per heavy atom. The molecule has 1 N–H and O–H groups in total. The molecule has 4 aliphatic rings. The first-order valence-corrected chi connectivity index (χ1v) is 21.2. The highest BCUT2D eigenvalue weighted by molar-refractivity contribution is 5.81. The van der Waals surface area contributed by atoms with Gasteiger partial charge in [-0.05, 0) is 112 Å². The van der Waals surface area contributed by atoms with Crippen LogP contribution in [0.4, 0.5) is 0 Å². The van der Waals surface area contributed by atoms with Gasteiger partial charge in [0.25, 0.3) is 0 Å². The summed E-state index contributed by atoms with van der Waals surface area (Å²) >= 11 is 0. The van der Waals surface area contributed by atoms with E-state index in [-0.39, 0.29) is 45.6 Å². The quantitative estimate of drug-likeness (QED) is 0.142. The standard InChI is InChI=1S/C44H78N2O4.C2H4/c1-14-16-17-34-41(10,37-33(31(3)4)18-22-44(37,20-15-2)32(5)30-46-27-25-45(13)26-28-46)23-24-43(12)40(8,9)35(19-21-42(34,43)11)50-36(47)29-39(6,7)38(48)49;1-2/h31-32,34-35H,14-30H2,1-13H3,(H,48,49);1-2H2/t32?,34?,35?,41?,42?,43-,44?;/m0./s1. The van der Waals surface area contributed by atoms with Crippen molar-refractivity contribution < 1.29 is 19.4 Å². The molecule has 0 radical (unpaired) electrons. The van der Waals surface area contributed by atoms with Crippen molar-refractivity contribution >= 4 is 11.9 Å². The highest BCUT2D eigenvalue weighted by Crippen LogP contribution is 2.75. The summed E-state index contributed by atoms with van der Waals surface area (Å²) in [6.45, 7) is 40.1. The number of hydrogen-bond acceptors (Lipinski definition) is 5. The molecule has 6 nitrogen and oxygen atoms in total. The van der Waals surface area contributed by atoms with Crippen molar-refractivity contribution in [2.24, 2.45) is 50.2 Å². The zero-order valence-corrected chi connectivity index (χ0v) is 36.3. The Morgan fingerprint density at radius 3 is 2.10 bits per heavy atom. The average molecular weight is 727 g/mol. The number of carbonyl (C=O) groups excluding carboxylic acids is 1. The third kappa shape index (κ3) is 8.00. The Balaban J connectivity index is 0.00000358. The molecular weight excluding hydrogens is 645 g/mol. The number of hydrogen-bond donors (Lipinski definition) is 1. The van der Waals surface area contributed by atoms with Crippen LogP contribution in [0.5, 0.6) is 0 Å². The van der Waals surface area contributed by atoms with Crippen LogP contribution in [0.25, 0.3) is 0 Å². The van der Waals surface area contributed by atoms with Crippen LogP contribution in [0.3, 0.4) is 0 Å². The molecule has 3 fully saturated rings. The maximum atomic E-state index is 13.3. The van der Waals surface area contributed by atoms with E-state index in [1.165, 1.54) is 84.1 Å². The summed E-state index contributed by atoms with van der Waals surface area (Å²) in [5, 5.41) is 9.70. The van der Waals surface area contributed by atoms with Crippen LogP contribution in [-0.2, 0) is 14.3 Å². The minimum atomic E-state index is -1.14. The zero-order valence-electron chi connectivity index (χ0n) is 36.3. The molecule has 300 valence electrons. The maximum Gasteiger partial charge on any atom is 0.309 e. The molecule has 7 atom stereocenters. The van der Waals surface area contributed by atoms with Crippen molar-refractivity contribution in [3.63, 3.8) is 0 Å². The Hall–Kier alpha value is -1.66. The lowest BCUT2D eigenvalue weighted by molar-refractivity contribution is -0.234. The number of piperazine rings is 1. The molecule has 52 heavy (non-hydrogen) atoms. The summed E-state index contributed by atoms with van der Waals surface area (Å²) in [6.07, 6.45) is 12.6. The normalized spacial score (nSPS) is 34.7. The molecule has 0 bridgehead atoms. The van der Waals surface area contributed by atoms with Gasteiger partial charge < -0.3 is 19.6 Å². The first-order chi connectivity index (χ1) is 24.2. The van der Waals surface area contributed by atoms with Crippen molar-refractivity contribution in [3.8, 4) is 0 Å². The number of rotatable bonds is 14. The van der Waals surface area contributed by atoms with E-state index in [1.807, 2.05) is 5.57 Å². The van der Waals surface area contributed by atoms with Crippen molar-refractivity contribution in [1.29, 1.82) is 0 Å². The summed E-state index contributed by atoms with van der Waals surface area (Å²) in [5.74, 6) is 0.391. The number of likely N-dealkylation sites (N-methyl/N-ethyl adjacent to an activating group) is 1. The number of unbranched alkanes of at least 4 members (excludes halogenated alkanes) is 1. The lowest BCUT2D eigenvalue weighted by Crippen LogP contribution is -2.66. The monoisotopic (exact) mass is 727 g/mol. The van der Waals surface area contributed by atoms with Crippen LogP contribution in [0.2, 0.25) is 0 Å². The Morgan fingerprint density at radius 2 is 1.56 bits per heavy atom. The van der Waals surface area contributed by atoms with E-state index in [0.717, 1.165) is 19.3 Å². The van der Waals surface area contributed by atoms with Crippen LogP contribution in [0.1, 0.15) is 160 Å². The minimum Gasteiger partial charge on any atom is -0.481 e. The predicted molar refractivity (Wildman–Crippen MR) is 218 cm³/mol. The van der Waals surface area contributed by atoms with E-state index in [1.54, 1.807) is 19.4 Å². The number of aliphatic carboxylic acids is 1. The molecule has 6 unspecified atom stereocenters. The van der Waals surface area contributed by atoms with Crippen LogP contribution in [0, 0.1) is 50.2 Å². The number of allylic oxidation sites excluding steroid dienone is 2. The molecule has 0 aromatic carbocycles. The van der Waals surface area contributed by atoms with Gasteiger partial charge in [-0.3, -0.25) is 9.59 Å². The van der Waals surface area contributed by atoms with Gasteiger partial charge >= 0.3 is 11.9 Å². The molecular formula is C46H82N2O4. The topological polar surface area (TPSA) is 70.1 Å². The van der Waals surface area contributed by atoms with E-state index >= 15 is 0 Å². The van der Waals surface area contributed by atoms with E-state index in [2.05, 4.69) is 99.2 Å². The fraction of sp³-hybridized carbons (Fsp3) is 0.870. The highest BCUT2D eigenvalue weighted by Gasteiger charge is 2.69. The second-order valence-corrected chi connectivity index (χ2v) is 19.9. The number of carboxylic acids is 1. The lowest BCUT2D eigenvalue weighted by atomic mass is 9.34. The Kier molecular flexibility index (Phi) is 14.6. The maximum absolute atomic E-state index is 13.3. The molecule has 3 aliphatic carbocycles. The van der Waals surface area contributed by atoms with Gasteiger partial charge in [0.05, 0.1) is 11.8 Å². The number of ether oxygens (including phenoxy) is 1. The lowest BCUT2D eigenvalue weighted by Gasteiger charge is -2.71. The Bertz CT molecular complexity index is 1260. The molecule has 1 aliphatic heterocycles. The number of esters is 1. The summed E-state index contributed by atoms with van der Waals surface area (Å²) in [5.41, 5.74) is 2.70. The number of fused-ring (bicyclic) bond motifs is 1. The molecule has 4 rings (SSSR count). The SMILES string of the molecule is C=C.CCCCC1C(C)(C2=C(C(C)C)CCC2(CCC)C(C)CN2CCN(C)CC2)CC[C@@]2(C)C(C)(C)C(OC(=O)CC(C)(C)C(=O)O)CCC12C. The van der Waals surface area contributed by atoms with Gasteiger partial charge in [0.1, 0.15) is 6.10 Å². The van der Waals surface area contributed by atoms with E-state index in [9.17, 15) is 14.7 Å². The Labute approximate surface area is 321 Å². The van der Waals surface area contributed by atoms with Crippen molar-refractivity contribution in [2.75, 3.05) is 39.8 Å². The third-order valence-electron chi connectivity index (χ3n) is 16.1. The van der Waals surface area contributed by atoms with Crippen molar-refractivity contribution in [3.05, 3.63) is 24.3 Å². The van der Waals surface area contributed by atoms with Crippen LogP contribution < -0.4 is 0 Å². The van der Waals surface area contributed by atoms with Gasteiger partial charge in [-0.15, -0.1) is 13.2 Å². The van der Waals surface area contributed by atoms with E-state index in [0.29, 0.717) is 17.8 Å². The number of nitrogens with zero attached hydrogens (tertiary/aromatic N) is 2. The van der Waals surface area contributed by atoms with Crippen LogP contribution in [0.15, 0.2) is 24.3 Å². The molecule has 0 aromatic heterocycles. The highest BCUT2D eigenvalue weighted by atomic mass is 16.5. The van der Waals surface area contributed by atoms with Crippen molar-refractivity contribution in [2.45, 2.75) is 166 Å². The van der Waals surface area contributed by atoms with E-state index in [4.69, 9.17) is 4.74 Å². The van der Waals surface area contributed by atoms with Crippen molar-refractivity contribution in [1.82, 2.24) is 9.80 Å². The molecule has 0 amide bonds. The molecule has 0 aromatic rings. The first-order valence-electron chi connectivity index (χ1n) is 21.2. The zero-order chi connectivity index (χ0) is 39.5. The molecule has 1 saturated heterocycles. The predicted octanol–water partition coefficient (Wildman–Crippen LogP) is 11.1. The van der Waals surface area contributed by atoms with Crippen LogP contribution >= 0.6 is 0 Å². The van der Waals surface area contributed by atoms with Gasteiger partial charge in [0.15, 0.2) is 0 Å². The summed E-state index contributed by atoms with van der Waals surface area (Å²) in [4.78, 5) is 30.4. The molecule has 1 heterocycles. The van der Waals surface area contributed by atoms with Gasteiger partial charge in [-0.2, -0.15) is 0 Å². The second-order valence-electron chi connectivity index (χ2n) is 19.9. The van der Waals surface area contributed by atoms with Gasteiger partial charge in [-0.25, -0.2) is 0 Å². The minimum absolute atomic E-state index is 0.0283. The molecule has 2 saturated carbocycles. The fourth-order valence-electron chi connectivity index (χ4n) is 12.4. The van der Waals surface area contributed by atoms with Gasteiger partial charge in [0, 0.05) is 38.1 Å².